The Bertz CT molecular complexity index is 1320. The Morgan fingerprint density at radius 3 is 2.61 bits per heavy atom. The quantitative estimate of drug-likeness (QED) is 0.314. The van der Waals surface area contributed by atoms with E-state index in [1.165, 1.54) is 4.90 Å². The number of fused-ring (bicyclic) bond motifs is 3. The topological polar surface area (TPSA) is 96.5 Å². The van der Waals surface area contributed by atoms with Crippen molar-refractivity contribution in [1.82, 2.24) is 9.80 Å². The Morgan fingerprint density at radius 2 is 1.82 bits per heavy atom. The van der Waals surface area contributed by atoms with E-state index in [0.29, 0.717) is 68.3 Å². The van der Waals surface area contributed by atoms with E-state index in [2.05, 4.69) is 4.90 Å². The number of morpholine rings is 1. The number of amides is 2. The minimum atomic E-state index is -1.70. The Hall–Kier alpha value is -3.56. The number of Topliss-reactive ketones (excluding diaryl/α,β-unsaturated/α-hetero) is 2. The van der Waals surface area contributed by atoms with E-state index in [9.17, 15) is 19.2 Å². The molecule has 4 aliphatic heterocycles. The molecule has 1 spiro atoms. The highest BCUT2D eigenvalue weighted by atomic mass is 16.5. The number of likely N-dealkylation sites (tertiary alicyclic amines) is 1. The summed E-state index contributed by atoms with van der Waals surface area (Å²) in [7, 11) is 0. The molecular formula is C29H31N3O6. The van der Waals surface area contributed by atoms with E-state index in [1.54, 1.807) is 35.2 Å². The summed E-state index contributed by atoms with van der Waals surface area (Å²) in [6.45, 7) is 6.56. The molecule has 0 N–H and O–H groups in total. The van der Waals surface area contributed by atoms with E-state index in [4.69, 9.17) is 9.47 Å². The maximum Gasteiger partial charge on any atom is 0.292 e. The van der Waals surface area contributed by atoms with Gasteiger partial charge in [-0.3, -0.25) is 24.1 Å². The lowest BCUT2D eigenvalue weighted by Crippen LogP contribution is -2.56. The monoisotopic (exact) mass is 517 g/mol. The van der Waals surface area contributed by atoms with Crippen molar-refractivity contribution in [3.8, 4) is 5.75 Å². The van der Waals surface area contributed by atoms with E-state index in [0.717, 1.165) is 18.7 Å². The first-order valence-electron chi connectivity index (χ1n) is 13.4. The standard InChI is InChI=1S/C29H31N3O6/c1-2-31-22-7-4-3-6-21(22)29(28(31)36)24(25(33)20-8-9-23-19(18-20)10-15-38-23)26(34)27(35)32(29)12-5-11-30-13-16-37-17-14-30/h3-4,6-9,18,24H,2,5,10-17H2,1H3. The second-order valence-electron chi connectivity index (χ2n) is 10.2. The molecule has 2 aromatic rings. The first-order chi connectivity index (χ1) is 18.5. The van der Waals surface area contributed by atoms with Gasteiger partial charge in [-0.25, -0.2) is 0 Å². The lowest BCUT2D eigenvalue weighted by atomic mass is 9.75. The van der Waals surface area contributed by atoms with E-state index in [1.807, 2.05) is 19.1 Å². The predicted molar refractivity (Wildman–Crippen MR) is 138 cm³/mol. The predicted octanol–water partition coefficient (Wildman–Crippen LogP) is 1.82. The number of carbonyl (C=O) groups excluding carboxylic acids is 4. The van der Waals surface area contributed by atoms with Gasteiger partial charge < -0.3 is 19.3 Å². The number of hydrogen-bond donors (Lipinski definition) is 0. The van der Waals surface area contributed by atoms with Crippen molar-refractivity contribution in [2.24, 2.45) is 5.92 Å². The molecule has 0 aliphatic carbocycles. The molecule has 2 saturated heterocycles. The molecule has 38 heavy (non-hydrogen) atoms. The van der Waals surface area contributed by atoms with Crippen LogP contribution in [0.5, 0.6) is 5.75 Å². The molecule has 2 unspecified atom stereocenters. The van der Waals surface area contributed by atoms with Crippen molar-refractivity contribution < 1.29 is 28.7 Å². The molecule has 9 heteroatoms. The van der Waals surface area contributed by atoms with Crippen molar-refractivity contribution in [2.45, 2.75) is 25.3 Å². The van der Waals surface area contributed by atoms with E-state index >= 15 is 0 Å². The van der Waals surface area contributed by atoms with Crippen LogP contribution in [0, 0.1) is 5.92 Å². The zero-order valence-electron chi connectivity index (χ0n) is 21.5. The zero-order valence-corrected chi connectivity index (χ0v) is 21.5. The molecule has 2 aromatic carbocycles. The van der Waals surface area contributed by atoms with Crippen molar-refractivity contribution in [1.29, 1.82) is 0 Å². The van der Waals surface area contributed by atoms with Gasteiger partial charge in [0, 0.05) is 56.0 Å². The molecule has 2 fully saturated rings. The average Bonchev–Trinajstić information content (AvgIpc) is 3.57. The molecule has 2 amide bonds. The van der Waals surface area contributed by atoms with Crippen molar-refractivity contribution >= 4 is 29.1 Å². The number of rotatable bonds is 7. The number of para-hydroxylation sites is 1. The maximum atomic E-state index is 14.3. The van der Waals surface area contributed by atoms with Crippen LogP contribution in [-0.2, 0) is 31.1 Å². The van der Waals surface area contributed by atoms with Crippen LogP contribution in [0.4, 0.5) is 5.69 Å². The number of carbonyl (C=O) groups is 4. The first-order valence-corrected chi connectivity index (χ1v) is 13.4. The van der Waals surface area contributed by atoms with Crippen LogP contribution in [0.25, 0.3) is 0 Å². The molecular weight excluding hydrogens is 486 g/mol. The van der Waals surface area contributed by atoms with Gasteiger partial charge in [-0.15, -0.1) is 0 Å². The highest BCUT2D eigenvalue weighted by Gasteiger charge is 2.70. The SMILES string of the molecule is CCN1C(=O)C2(c3ccccc31)C(C(=O)c1ccc3c(c1)CCO3)C(=O)C(=O)N2CCCN1CCOCC1. The van der Waals surface area contributed by atoms with Crippen LogP contribution in [0.2, 0.25) is 0 Å². The van der Waals surface area contributed by atoms with E-state index in [-0.39, 0.29) is 6.54 Å². The lowest BCUT2D eigenvalue weighted by Gasteiger charge is -2.37. The zero-order chi connectivity index (χ0) is 26.4. The third-order valence-electron chi connectivity index (χ3n) is 8.25. The second-order valence-corrected chi connectivity index (χ2v) is 10.2. The molecule has 6 rings (SSSR count). The molecule has 198 valence electrons. The highest BCUT2D eigenvalue weighted by Crippen LogP contribution is 2.53. The summed E-state index contributed by atoms with van der Waals surface area (Å²) in [5.41, 5.74) is 0.687. The van der Waals surface area contributed by atoms with Crippen molar-refractivity contribution in [3.63, 3.8) is 0 Å². The number of benzene rings is 2. The third kappa shape index (κ3) is 3.60. The van der Waals surface area contributed by atoms with Gasteiger partial charge in [0.05, 0.1) is 19.8 Å². The van der Waals surface area contributed by atoms with Crippen molar-refractivity contribution in [2.75, 3.05) is 57.4 Å². The van der Waals surface area contributed by atoms with Crippen LogP contribution in [0.15, 0.2) is 42.5 Å². The summed E-state index contributed by atoms with van der Waals surface area (Å²) >= 11 is 0. The summed E-state index contributed by atoms with van der Waals surface area (Å²) in [6, 6.07) is 12.3. The molecule has 2 atom stereocenters. The second kappa shape index (κ2) is 9.63. The Morgan fingerprint density at radius 1 is 1.03 bits per heavy atom. The number of hydrogen-bond acceptors (Lipinski definition) is 7. The average molecular weight is 518 g/mol. The van der Waals surface area contributed by atoms with E-state index < -0.39 is 34.8 Å². The van der Waals surface area contributed by atoms with Gasteiger partial charge in [0.25, 0.3) is 11.8 Å². The first kappa shape index (κ1) is 24.8. The number of anilines is 1. The molecule has 0 bridgehead atoms. The minimum Gasteiger partial charge on any atom is -0.493 e. The molecule has 4 heterocycles. The lowest BCUT2D eigenvalue weighted by molar-refractivity contribution is -0.143. The highest BCUT2D eigenvalue weighted by molar-refractivity contribution is 6.46. The van der Waals surface area contributed by atoms with Crippen LogP contribution >= 0.6 is 0 Å². The van der Waals surface area contributed by atoms with Crippen LogP contribution in [0.1, 0.15) is 34.8 Å². The van der Waals surface area contributed by atoms with Gasteiger partial charge in [0.1, 0.15) is 11.7 Å². The minimum absolute atomic E-state index is 0.196. The Balaban J connectivity index is 1.42. The largest absolute Gasteiger partial charge is 0.493 e. The maximum absolute atomic E-state index is 14.3. The normalized spacial score (nSPS) is 24.8. The molecule has 0 radical (unpaired) electrons. The fourth-order valence-corrected chi connectivity index (χ4v) is 6.45. The molecule has 9 nitrogen and oxygen atoms in total. The number of ether oxygens (including phenoxy) is 2. The fourth-order valence-electron chi connectivity index (χ4n) is 6.45. The van der Waals surface area contributed by atoms with Gasteiger partial charge in [0.15, 0.2) is 11.3 Å². The summed E-state index contributed by atoms with van der Waals surface area (Å²) in [5, 5.41) is 0. The molecule has 0 saturated carbocycles. The summed E-state index contributed by atoms with van der Waals surface area (Å²) in [6.07, 6.45) is 1.23. The van der Waals surface area contributed by atoms with Gasteiger partial charge in [-0.05, 0) is 43.2 Å². The Labute approximate surface area is 221 Å². The fraction of sp³-hybridized carbons (Fsp3) is 0.448. The van der Waals surface area contributed by atoms with Gasteiger partial charge >= 0.3 is 0 Å². The van der Waals surface area contributed by atoms with Crippen LogP contribution in [-0.4, -0.2) is 85.7 Å². The smallest absolute Gasteiger partial charge is 0.292 e. The van der Waals surface area contributed by atoms with Gasteiger partial charge in [0.2, 0.25) is 5.78 Å². The van der Waals surface area contributed by atoms with Crippen LogP contribution in [0.3, 0.4) is 0 Å². The molecule has 0 aromatic heterocycles. The number of ketones is 2. The third-order valence-corrected chi connectivity index (χ3v) is 8.25. The number of nitrogens with zero attached hydrogens (tertiary/aromatic N) is 3. The van der Waals surface area contributed by atoms with Gasteiger partial charge in [-0.1, -0.05) is 18.2 Å². The van der Waals surface area contributed by atoms with Crippen molar-refractivity contribution in [3.05, 3.63) is 59.2 Å². The van der Waals surface area contributed by atoms with Crippen LogP contribution < -0.4 is 9.64 Å². The summed E-state index contributed by atoms with van der Waals surface area (Å²) < 4.78 is 11.0. The van der Waals surface area contributed by atoms with Gasteiger partial charge in [-0.2, -0.15) is 0 Å². The molecule has 4 aliphatic rings. The Kier molecular flexibility index (Phi) is 6.28. The summed E-state index contributed by atoms with van der Waals surface area (Å²) in [4.78, 5) is 61.0. The summed E-state index contributed by atoms with van der Waals surface area (Å²) in [5.74, 6) is -3.22. The number of likely N-dealkylation sites (N-methyl/N-ethyl adjacent to an activating group) is 1.